The third-order valence-corrected chi connectivity index (χ3v) is 9.09. The Balaban J connectivity index is 1.61. The van der Waals surface area contributed by atoms with Crippen LogP contribution in [0.2, 0.25) is 0 Å². The van der Waals surface area contributed by atoms with Crippen molar-refractivity contribution in [2.24, 2.45) is 5.92 Å². The lowest BCUT2D eigenvalue weighted by Gasteiger charge is -2.30. The summed E-state index contributed by atoms with van der Waals surface area (Å²) in [5.41, 5.74) is 1.80. The van der Waals surface area contributed by atoms with Crippen molar-refractivity contribution < 1.29 is 32.6 Å². The summed E-state index contributed by atoms with van der Waals surface area (Å²) in [7, 11) is -4.04. The second-order valence-corrected chi connectivity index (χ2v) is 13.1. The number of carbonyl (C=O) groups excluding carboxylic acids is 2. The molecular weight excluding hydrogens is 572 g/mol. The number of benzene rings is 2. The number of hydrogen-bond acceptors (Lipinski definition) is 6. The first-order valence-corrected chi connectivity index (χ1v) is 16.2. The number of carboxylic acids is 1. The van der Waals surface area contributed by atoms with E-state index in [1.54, 1.807) is 17.0 Å². The maximum Gasteiger partial charge on any atom is 0.322 e. The van der Waals surface area contributed by atoms with Crippen molar-refractivity contribution in [1.82, 2.24) is 19.8 Å². The number of ether oxygens (including phenoxy) is 1. The molecule has 3 rings (SSSR count). The van der Waals surface area contributed by atoms with Gasteiger partial charge in [-0.1, -0.05) is 61.9 Å². The Kier molecular flexibility index (Phi) is 13.0. The Hall–Kier alpha value is -3.48. The molecule has 1 heterocycles. The Morgan fingerprint density at radius 3 is 2.26 bits per heavy atom. The van der Waals surface area contributed by atoms with Crippen LogP contribution in [-0.4, -0.2) is 92.1 Å². The van der Waals surface area contributed by atoms with E-state index < -0.39 is 28.1 Å². The van der Waals surface area contributed by atoms with Crippen LogP contribution in [0.4, 0.5) is 4.79 Å². The standard InChI is InChI=1S/C31H44N4O7S/c1-23(2)22-35(43(40,41)26-14-12-24(3)13-15-26)28(30(37)38)11-7-8-16-32-29(36)27(21-25-9-5-4-6-10-25)33-31(39)34-17-19-42-20-18-34/h4-6,9-10,12-15,23,27-28H,7-8,11,16-22H2,1-3H3,(H,32,36)(H,33,39)(H,37,38). The lowest BCUT2D eigenvalue weighted by Crippen LogP contribution is -2.54. The summed E-state index contributed by atoms with van der Waals surface area (Å²) in [6.45, 7) is 7.64. The van der Waals surface area contributed by atoms with Crippen molar-refractivity contribution in [1.29, 1.82) is 0 Å². The van der Waals surface area contributed by atoms with Crippen molar-refractivity contribution in [2.75, 3.05) is 39.4 Å². The molecular formula is C31H44N4O7S. The van der Waals surface area contributed by atoms with E-state index in [1.807, 2.05) is 51.1 Å². The lowest BCUT2D eigenvalue weighted by atomic mass is 10.0. The highest BCUT2D eigenvalue weighted by Gasteiger charge is 2.36. The molecule has 236 valence electrons. The molecule has 43 heavy (non-hydrogen) atoms. The van der Waals surface area contributed by atoms with E-state index in [-0.39, 0.29) is 42.3 Å². The zero-order valence-electron chi connectivity index (χ0n) is 25.2. The van der Waals surface area contributed by atoms with Gasteiger partial charge >= 0.3 is 12.0 Å². The molecule has 0 radical (unpaired) electrons. The number of hydrogen-bond donors (Lipinski definition) is 3. The monoisotopic (exact) mass is 616 g/mol. The molecule has 0 spiro atoms. The number of urea groups is 1. The van der Waals surface area contributed by atoms with Crippen LogP contribution in [0.5, 0.6) is 0 Å². The molecule has 0 saturated carbocycles. The number of sulfonamides is 1. The van der Waals surface area contributed by atoms with Gasteiger partial charge in [-0.2, -0.15) is 4.31 Å². The number of unbranched alkanes of at least 4 members (excludes halogenated alkanes) is 1. The third-order valence-electron chi connectivity index (χ3n) is 7.20. The topological polar surface area (TPSA) is 145 Å². The van der Waals surface area contributed by atoms with Crippen molar-refractivity contribution >= 4 is 27.9 Å². The van der Waals surface area contributed by atoms with Gasteiger partial charge in [0, 0.05) is 32.6 Å². The first-order chi connectivity index (χ1) is 20.5. The van der Waals surface area contributed by atoms with Crippen LogP contribution in [-0.2, 0) is 30.8 Å². The maximum atomic E-state index is 13.5. The average molecular weight is 617 g/mol. The molecule has 1 aliphatic heterocycles. The minimum atomic E-state index is -4.04. The average Bonchev–Trinajstić information content (AvgIpc) is 2.98. The number of carbonyl (C=O) groups is 3. The molecule has 2 atom stereocenters. The van der Waals surface area contributed by atoms with Gasteiger partial charge in [-0.25, -0.2) is 13.2 Å². The van der Waals surface area contributed by atoms with Crippen molar-refractivity contribution in [3.63, 3.8) is 0 Å². The largest absolute Gasteiger partial charge is 0.480 e. The predicted octanol–water partition coefficient (Wildman–Crippen LogP) is 3.03. The van der Waals surface area contributed by atoms with Gasteiger partial charge in [-0.3, -0.25) is 9.59 Å². The van der Waals surface area contributed by atoms with Crippen LogP contribution < -0.4 is 10.6 Å². The summed E-state index contributed by atoms with van der Waals surface area (Å²) in [4.78, 5) is 40.0. The quantitative estimate of drug-likeness (QED) is 0.261. The molecule has 0 aliphatic carbocycles. The highest BCUT2D eigenvalue weighted by Crippen LogP contribution is 2.23. The number of amides is 3. The first-order valence-electron chi connectivity index (χ1n) is 14.7. The van der Waals surface area contributed by atoms with E-state index in [2.05, 4.69) is 10.6 Å². The van der Waals surface area contributed by atoms with Crippen molar-refractivity contribution in [3.8, 4) is 0 Å². The zero-order valence-corrected chi connectivity index (χ0v) is 26.0. The van der Waals surface area contributed by atoms with Crippen LogP contribution in [0.25, 0.3) is 0 Å². The summed E-state index contributed by atoms with van der Waals surface area (Å²) >= 11 is 0. The number of nitrogens with one attached hydrogen (secondary N) is 2. The molecule has 1 fully saturated rings. The van der Waals surface area contributed by atoms with Gasteiger partial charge in [0.05, 0.1) is 18.1 Å². The van der Waals surface area contributed by atoms with E-state index in [0.717, 1.165) is 15.4 Å². The van der Waals surface area contributed by atoms with E-state index in [0.29, 0.717) is 45.6 Å². The molecule has 3 N–H and O–H groups in total. The SMILES string of the molecule is Cc1ccc(S(=O)(=O)N(CC(C)C)C(CCCCNC(=O)C(Cc2ccccc2)NC(=O)N2CCOCC2)C(=O)O)cc1. The van der Waals surface area contributed by atoms with Crippen LogP contribution in [0, 0.1) is 12.8 Å². The zero-order chi connectivity index (χ0) is 31.4. The van der Waals surface area contributed by atoms with Crippen molar-refractivity contribution in [2.45, 2.75) is 63.4 Å². The molecule has 0 bridgehead atoms. The second kappa shape index (κ2) is 16.4. The van der Waals surface area contributed by atoms with Crippen LogP contribution in [0.1, 0.15) is 44.2 Å². The Morgan fingerprint density at radius 2 is 1.65 bits per heavy atom. The minimum absolute atomic E-state index is 0.0563. The fraction of sp³-hybridized carbons (Fsp3) is 0.516. The van der Waals surface area contributed by atoms with Gasteiger partial charge < -0.3 is 25.4 Å². The number of aryl methyl sites for hydroxylation is 1. The Labute approximate surface area is 254 Å². The fourth-order valence-electron chi connectivity index (χ4n) is 4.85. The minimum Gasteiger partial charge on any atom is -0.480 e. The third kappa shape index (κ3) is 10.3. The van der Waals surface area contributed by atoms with Crippen LogP contribution >= 0.6 is 0 Å². The summed E-state index contributed by atoms with van der Waals surface area (Å²) in [5, 5.41) is 15.7. The number of rotatable bonds is 15. The highest BCUT2D eigenvalue weighted by molar-refractivity contribution is 7.89. The maximum absolute atomic E-state index is 13.5. The van der Waals surface area contributed by atoms with Crippen molar-refractivity contribution in [3.05, 3.63) is 65.7 Å². The fourth-order valence-corrected chi connectivity index (χ4v) is 6.63. The molecule has 3 amide bonds. The lowest BCUT2D eigenvalue weighted by molar-refractivity contribution is -0.142. The first kappa shape index (κ1) is 34.0. The summed E-state index contributed by atoms with van der Waals surface area (Å²) in [6.07, 6.45) is 1.21. The Morgan fingerprint density at radius 1 is 1.00 bits per heavy atom. The molecule has 2 unspecified atom stereocenters. The van der Waals surface area contributed by atoms with E-state index in [9.17, 15) is 27.9 Å². The van der Waals surface area contributed by atoms with Crippen LogP contribution in [0.3, 0.4) is 0 Å². The number of aliphatic carboxylic acids is 1. The number of nitrogens with zero attached hydrogens (tertiary/aromatic N) is 2. The smallest absolute Gasteiger partial charge is 0.322 e. The summed E-state index contributed by atoms with van der Waals surface area (Å²) < 4.78 is 33.4. The molecule has 1 aliphatic rings. The molecule has 2 aromatic rings. The summed E-state index contributed by atoms with van der Waals surface area (Å²) in [6, 6.07) is 13.4. The van der Waals surface area contributed by atoms with Gasteiger partial charge in [-0.15, -0.1) is 0 Å². The van der Waals surface area contributed by atoms with Gasteiger partial charge in [0.25, 0.3) is 0 Å². The van der Waals surface area contributed by atoms with E-state index in [1.165, 1.54) is 12.1 Å². The number of carboxylic acid groups (broad SMARTS) is 1. The Bertz CT molecular complexity index is 1300. The van der Waals surface area contributed by atoms with Gasteiger partial charge in [0.15, 0.2) is 0 Å². The second-order valence-electron chi connectivity index (χ2n) is 11.2. The molecule has 12 heteroatoms. The van der Waals surface area contributed by atoms with E-state index >= 15 is 0 Å². The van der Waals surface area contributed by atoms with E-state index in [4.69, 9.17) is 4.74 Å². The number of morpholine rings is 1. The normalized spacial score (nSPS) is 15.2. The molecule has 2 aromatic carbocycles. The van der Waals surface area contributed by atoms with Crippen LogP contribution in [0.15, 0.2) is 59.5 Å². The van der Waals surface area contributed by atoms with Gasteiger partial charge in [0.1, 0.15) is 12.1 Å². The molecule has 11 nitrogen and oxygen atoms in total. The predicted molar refractivity (Wildman–Crippen MR) is 163 cm³/mol. The molecule has 0 aromatic heterocycles. The summed E-state index contributed by atoms with van der Waals surface area (Å²) in [5.74, 6) is -1.65. The van der Waals surface area contributed by atoms with Gasteiger partial charge in [-0.05, 0) is 49.8 Å². The van der Waals surface area contributed by atoms with Gasteiger partial charge in [0.2, 0.25) is 15.9 Å². The molecule has 1 saturated heterocycles. The highest BCUT2D eigenvalue weighted by atomic mass is 32.2.